The molecule has 2 aromatic carbocycles. The van der Waals surface area contributed by atoms with Crippen molar-refractivity contribution in [2.24, 2.45) is 0 Å². The lowest BCUT2D eigenvalue weighted by Gasteiger charge is -2.13. The average Bonchev–Trinajstić information content (AvgIpc) is 3.09. The predicted octanol–water partition coefficient (Wildman–Crippen LogP) is 3.99. The first-order valence-electron chi connectivity index (χ1n) is 7.32. The van der Waals surface area contributed by atoms with Crippen molar-refractivity contribution in [1.82, 2.24) is 9.78 Å². The van der Waals surface area contributed by atoms with Crippen molar-refractivity contribution in [3.05, 3.63) is 81.1 Å². The second-order valence-electron chi connectivity index (χ2n) is 5.27. The number of nitro groups is 1. The minimum atomic E-state index is -0.513. The van der Waals surface area contributed by atoms with Crippen molar-refractivity contribution in [3.63, 3.8) is 0 Å². The highest BCUT2D eigenvalue weighted by molar-refractivity contribution is 6.31. The van der Waals surface area contributed by atoms with Gasteiger partial charge in [-0.2, -0.15) is 5.10 Å². The molecule has 0 spiro atoms. The Hall–Kier alpha value is -3.19. The number of amides is 1. The van der Waals surface area contributed by atoms with Gasteiger partial charge in [-0.05, 0) is 37.3 Å². The Morgan fingerprint density at radius 3 is 2.76 bits per heavy atom. The van der Waals surface area contributed by atoms with E-state index in [-0.39, 0.29) is 11.3 Å². The number of anilines is 1. The third-order valence-corrected chi connectivity index (χ3v) is 3.94. The zero-order valence-corrected chi connectivity index (χ0v) is 13.9. The van der Waals surface area contributed by atoms with Gasteiger partial charge in [0.1, 0.15) is 0 Å². The molecule has 3 aromatic rings. The van der Waals surface area contributed by atoms with Crippen LogP contribution in [0.15, 0.2) is 54.9 Å². The molecule has 1 amide bonds. The summed E-state index contributed by atoms with van der Waals surface area (Å²) in [6.07, 6.45) is 3.35. The molecule has 0 saturated heterocycles. The normalized spacial score (nSPS) is 10.5. The van der Waals surface area contributed by atoms with E-state index in [9.17, 15) is 14.9 Å². The highest BCUT2D eigenvalue weighted by Gasteiger charge is 2.19. The van der Waals surface area contributed by atoms with Crippen LogP contribution >= 0.6 is 11.6 Å². The third kappa shape index (κ3) is 3.36. The van der Waals surface area contributed by atoms with Crippen molar-refractivity contribution in [2.45, 2.75) is 6.92 Å². The smallest absolute Gasteiger partial charge is 0.273 e. The van der Waals surface area contributed by atoms with Crippen LogP contribution in [0.5, 0.6) is 0 Å². The molecule has 0 aliphatic rings. The fourth-order valence-electron chi connectivity index (χ4n) is 2.48. The Labute approximate surface area is 148 Å². The zero-order valence-electron chi connectivity index (χ0n) is 13.1. The second-order valence-corrected chi connectivity index (χ2v) is 5.71. The van der Waals surface area contributed by atoms with Crippen molar-refractivity contribution in [2.75, 3.05) is 5.32 Å². The predicted molar refractivity (Wildman–Crippen MR) is 94.4 cm³/mol. The molecule has 0 aliphatic heterocycles. The van der Waals surface area contributed by atoms with E-state index in [1.807, 2.05) is 0 Å². The molecular formula is C17H13ClN4O3. The highest BCUT2D eigenvalue weighted by atomic mass is 35.5. The van der Waals surface area contributed by atoms with Gasteiger partial charge in [0, 0.05) is 34.6 Å². The topological polar surface area (TPSA) is 90.1 Å². The van der Waals surface area contributed by atoms with E-state index in [0.29, 0.717) is 22.0 Å². The van der Waals surface area contributed by atoms with Crippen LogP contribution in [0.2, 0.25) is 5.02 Å². The molecule has 0 aliphatic carbocycles. The van der Waals surface area contributed by atoms with Crippen LogP contribution in [0.1, 0.15) is 15.9 Å². The van der Waals surface area contributed by atoms with Crippen molar-refractivity contribution >= 4 is 28.9 Å². The average molecular weight is 357 g/mol. The second kappa shape index (κ2) is 6.74. The summed E-state index contributed by atoms with van der Waals surface area (Å²) in [5.41, 5.74) is 1.50. The number of hydrogen-bond acceptors (Lipinski definition) is 4. The lowest BCUT2D eigenvalue weighted by Crippen LogP contribution is -2.16. The molecule has 126 valence electrons. The zero-order chi connectivity index (χ0) is 18.0. The number of carbonyl (C=O) groups is 1. The largest absolute Gasteiger partial charge is 0.320 e. The van der Waals surface area contributed by atoms with E-state index >= 15 is 0 Å². The van der Waals surface area contributed by atoms with E-state index in [4.69, 9.17) is 11.6 Å². The number of hydrogen-bond donors (Lipinski definition) is 1. The van der Waals surface area contributed by atoms with Gasteiger partial charge in [-0.1, -0.05) is 17.7 Å². The molecule has 0 unspecified atom stereocenters. The Bertz CT molecular complexity index is 955. The molecule has 25 heavy (non-hydrogen) atoms. The first-order chi connectivity index (χ1) is 12.0. The number of rotatable bonds is 4. The molecule has 1 aromatic heterocycles. The lowest BCUT2D eigenvalue weighted by molar-refractivity contribution is -0.385. The molecule has 0 fully saturated rings. The van der Waals surface area contributed by atoms with Crippen LogP contribution in [-0.2, 0) is 0 Å². The van der Waals surface area contributed by atoms with Gasteiger partial charge in [0.15, 0.2) is 0 Å². The van der Waals surface area contributed by atoms with Gasteiger partial charge in [0.25, 0.3) is 11.6 Å². The fraction of sp³-hybridized carbons (Fsp3) is 0.0588. The van der Waals surface area contributed by atoms with Gasteiger partial charge in [0.2, 0.25) is 0 Å². The minimum Gasteiger partial charge on any atom is -0.320 e. The minimum absolute atomic E-state index is 0.106. The Morgan fingerprint density at radius 2 is 2.08 bits per heavy atom. The van der Waals surface area contributed by atoms with E-state index in [2.05, 4.69) is 10.4 Å². The summed E-state index contributed by atoms with van der Waals surface area (Å²) in [7, 11) is 0. The number of carbonyl (C=O) groups excluding carboxylic acids is 1. The van der Waals surface area contributed by atoms with Crippen LogP contribution in [0.4, 0.5) is 11.4 Å². The van der Waals surface area contributed by atoms with Crippen LogP contribution in [0.3, 0.4) is 0 Å². The maximum atomic E-state index is 12.6. The molecule has 0 saturated carbocycles. The molecule has 8 heteroatoms. The van der Waals surface area contributed by atoms with E-state index < -0.39 is 10.8 Å². The van der Waals surface area contributed by atoms with E-state index in [1.54, 1.807) is 48.3 Å². The number of benzene rings is 2. The van der Waals surface area contributed by atoms with Crippen LogP contribution in [0.25, 0.3) is 5.69 Å². The van der Waals surface area contributed by atoms with Gasteiger partial charge in [-0.25, -0.2) is 4.68 Å². The summed E-state index contributed by atoms with van der Waals surface area (Å²) in [6.45, 7) is 1.54. The summed E-state index contributed by atoms with van der Waals surface area (Å²) in [4.78, 5) is 23.2. The van der Waals surface area contributed by atoms with Crippen LogP contribution < -0.4 is 5.32 Å². The van der Waals surface area contributed by atoms with Gasteiger partial charge < -0.3 is 5.32 Å². The Balaban J connectivity index is 1.99. The molecule has 0 atom stereocenters. The van der Waals surface area contributed by atoms with Crippen molar-refractivity contribution in [1.29, 1.82) is 0 Å². The highest BCUT2D eigenvalue weighted by Crippen LogP contribution is 2.26. The van der Waals surface area contributed by atoms with Gasteiger partial charge in [0.05, 0.1) is 16.3 Å². The van der Waals surface area contributed by atoms with Gasteiger partial charge in [-0.15, -0.1) is 0 Å². The molecule has 7 nitrogen and oxygen atoms in total. The van der Waals surface area contributed by atoms with Crippen molar-refractivity contribution < 1.29 is 9.72 Å². The summed E-state index contributed by atoms with van der Waals surface area (Å²) in [6, 6.07) is 11.1. The molecular weight excluding hydrogens is 344 g/mol. The fourth-order valence-corrected chi connectivity index (χ4v) is 2.65. The first-order valence-corrected chi connectivity index (χ1v) is 7.70. The number of nitrogens with one attached hydrogen (secondary N) is 1. The summed E-state index contributed by atoms with van der Waals surface area (Å²) < 4.78 is 1.59. The lowest BCUT2D eigenvalue weighted by atomic mass is 10.1. The van der Waals surface area contributed by atoms with E-state index in [1.165, 1.54) is 18.2 Å². The maximum Gasteiger partial charge on any atom is 0.273 e. The standard InChI is InChI=1S/C17H13ClN4O3/c1-11-13(4-2-5-15(11)22(24)25)17(23)20-14-10-12(18)6-7-16(14)21-9-3-8-19-21/h2-10H,1H3,(H,20,23). The van der Waals surface area contributed by atoms with Gasteiger partial charge >= 0.3 is 0 Å². The van der Waals surface area contributed by atoms with Crippen molar-refractivity contribution in [3.8, 4) is 5.69 Å². The molecule has 1 heterocycles. The first kappa shape index (κ1) is 16.7. The quantitative estimate of drug-likeness (QED) is 0.565. The molecule has 0 bridgehead atoms. The third-order valence-electron chi connectivity index (χ3n) is 3.70. The summed E-state index contributed by atoms with van der Waals surface area (Å²) in [5.74, 6) is -0.461. The monoisotopic (exact) mass is 356 g/mol. The Morgan fingerprint density at radius 1 is 1.28 bits per heavy atom. The SMILES string of the molecule is Cc1c(C(=O)Nc2cc(Cl)ccc2-n2cccn2)cccc1[N+](=O)[O-]. The maximum absolute atomic E-state index is 12.6. The molecule has 0 radical (unpaired) electrons. The van der Waals surface area contributed by atoms with Crippen LogP contribution in [0, 0.1) is 17.0 Å². The molecule has 3 rings (SSSR count). The number of halogens is 1. The molecule has 1 N–H and O–H groups in total. The number of nitrogens with zero attached hydrogens (tertiary/aromatic N) is 3. The van der Waals surface area contributed by atoms with Gasteiger partial charge in [-0.3, -0.25) is 14.9 Å². The summed E-state index contributed by atoms with van der Waals surface area (Å²) >= 11 is 6.04. The van der Waals surface area contributed by atoms with E-state index in [0.717, 1.165) is 0 Å². The Kier molecular flexibility index (Phi) is 4.49. The van der Waals surface area contributed by atoms with Crippen LogP contribution in [-0.4, -0.2) is 20.6 Å². The number of nitro benzene ring substituents is 1. The number of aromatic nitrogens is 2. The summed E-state index contributed by atoms with van der Waals surface area (Å²) in [5, 5.41) is 18.4.